The Kier molecular flexibility index (Phi) is 1.77. The SMILES string of the molecule is CN1C=C2C=CC3C=CC=c4ccc(c2c43)=[N+]1C. The van der Waals surface area contributed by atoms with Crippen LogP contribution in [0, 0.1) is 0 Å². The fraction of sp³-hybridized carbons (Fsp3) is 0.188. The highest BCUT2D eigenvalue weighted by Crippen LogP contribution is 2.32. The van der Waals surface area contributed by atoms with Crippen molar-refractivity contribution in [3.05, 3.63) is 64.3 Å². The van der Waals surface area contributed by atoms with Gasteiger partial charge in [-0.1, -0.05) is 30.4 Å². The summed E-state index contributed by atoms with van der Waals surface area (Å²) < 4.78 is 2.20. The third kappa shape index (κ3) is 1.10. The van der Waals surface area contributed by atoms with E-state index < -0.39 is 0 Å². The van der Waals surface area contributed by atoms with Gasteiger partial charge < -0.3 is 0 Å². The van der Waals surface area contributed by atoms with Gasteiger partial charge in [-0.3, -0.25) is 0 Å². The van der Waals surface area contributed by atoms with E-state index in [1.807, 2.05) is 0 Å². The Bertz CT molecular complexity index is 763. The lowest BCUT2D eigenvalue weighted by Crippen LogP contribution is -2.43. The summed E-state index contributed by atoms with van der Waals surface area (Å²) >= 11 is 0. The van der Waals surface area contributed by atoms with Crippen molar-refractivity contribution in [2.75, 3.05) is 14.1 Å². The summed E-state index contributed by atoms with van der Waals surface area (Å²) in [6.45, 7) is 0. The molecule has 1 aromatic carbocycles. The maximum absolute atomic E-state index is 2.30. The van der Waals surface area contributed by atoms with E-state index in [9.17, 15) is 0 Å². The summed E-state index contributed by atoms with van der Waals surface area (Å²) in [5.74, 6) is 0.439. The van der Waals surface area contributed by atoms with Crippen molar-refractivity contribution < 1.29 is 0 Å². The van der Waals surface area contributed by atoms with Crippen LogP contribution in [0.2, 0.25) is 0 Å². The van der Waals surface area contributed by atoms with Crippen LogP contribution >= 0.6 is 0 Å². The van der Waals surface area contributed by atoms with Gasteiger partial charge in [0.2, 0.25) is 5.36 Å². The number of nitrogens with zero attached hydrogens (tertiary/aromatic N) is 2. The van der Waals surface area contributed by atoms with Gasteiger partial charge in [0.05, 0.1) is 18.8 Å². The van der Waals surface area contributed by atoms with Crippen LogP contribution in [0.4, 0.5) is 0 Å². The lowest BCUT2D eigenvalue weighted by Gasteiger charge is -2.25. The smallest absolute Gasteiger partial charge is 0.163 e. The van der Waals surface area contributed by atoms with Crippen molar-refractivity contribution in [1.82, 2.24) is 9.69 Å². The fourth-order valence-electron chi connectivity index (χ4n) is 3.09. The van der Waals surface area contributed by atoms with Crippen LogP contribution in [0.25, 0.3) is 11.6 Å². The Labute approximate surface area is 106 Å². The second-order valence-electron chi connectivity index (χ2n) is 5.08. The zero-order valence-corrected chi connectivity index (χ0v) is 10.6. The molecular weight excluding hydrogens is 220 g/mol. The number of allylic oxidation sites excluding steroid dienone is 5. The van der Waals surface area contributed by atoms with Gasteiger partial charge in [0, 0.05) is 17.6 Å². The Morgan fingerprint density at radius 1 is 1.22 bits per heavy atom. The van der Waals surface area contributed by atoms with Gasteiger partial charge in [-0.05, 0) is 16.8 Å². The minimum atomic E-state index is 0.439. The molecule has 0 saturated carbocycles. The highest BCUT2D eigenvalue weighted by Gasteiger charge is 2.27. The first-order valence-electron chi connectivity index (χ1n) is 6.31. The number of benzene rings is 1. The molecule has 1 aliphatic heterocycles. The van der Waals surface area contributed by atoms with E-state index in [4.69, 9.17) is 0 Å². The van der Waals surface area contributed by atoms with E-state index >= 15 is 0 Å². The molecule has 88 valence electrons. The Morgan fingerprint density at radius 3 is 3.00 bits per heavy atom. The zero-order chi connectivity index (χ0) is 12.3. The van der Waals surface area contributed by atoms with E-state index in [1.165, 1.54) is 27.3 Å². The molecule has 0 N–H and O–H groups in total. The summed E-state index contributed by atoms with van der Waals surface area (Å²) in [7, 11) is 4.20. The van der Waals surface area contributed by atoms with Gasteiger partial charge >= 0.3 is 0 Å². The predicted molar refractivity (Wildman–Crippen MR) is 74.1 cm³/mol. The molecule has 3 aliphatic rings. The van der Waals surface area contributed by atoms with Crippen LogP contribution in [0.15, 0.2) is 42.6 Å². The van der Waals surface area contributed by atoms with Gasteiger partial charge in [-0.25, -0.2) is 0 Å². The van der Waals surface area contributed by atoms with Crippen molar-refractivity contribution in [3.8, 4) is 0 Å². The topological polar surface area (TPSA) is 6.25 Å². The van der Waals surface area contributed by atoms with Crippen molar-refractivity contribution in [3.63, 3.8) is 0 Å². The molecule has 0 fully saturated rings. The molecule has 0 bridgehead atoms. The zero-order valence-electron chi connectivity index (χ0n) is 10.6. The maximum Gasteiger partial charge on any atom is 0.237 e. The second kappa shape index (κ2) is 3.22. The standard InChI is InChI=1S/C16H15N2/c1-17-10-13-7-6-11-4-3-5-12-8-9-14(18(17)2)16(13)15(11)12/h3-11H,1-2H3/q+1. The van der Waals surface area contributed by atoms with Gasteiger partial charge in [0.1, 0.15) is 0 Å². The van der Waals surface area contributed by atoms with Crippen molar-refractivity contribution in [1.29, 1.82) is 0 Å². The quantitative estimate of drug-likeness (QED) is 0.608. The number of hydrogen-bond acceptors (Lipinski definition) is 1. The van der Waals surface area contributed by atoms with Crippen LogP contribution in [0.5, 0.6) is 0 Å². The van der Waals surface area contributed by atoms with Gasteiger partial charge in [0.15, 0.2) is 7.05 Å². The third-order valence-electron chi connectivity index (χ3n) is 4.10. The second-order valence-corrected chi connectivity index (χ2v) is 5.08. The highest BCUT2D eigenvalue weighted by atomic mass is 15.5. The highest BCUT2D eigenvalue weighted by molar-refractivity contribution is 5.80. The lowest BCUT2D eigenvalue weighted by atomic mass is 9.81. The van der Waals surface area contributed by atoms with Crippen LogP contribution in [-0.4, -0.2) is 19.1 Å². The number of hydrazine groups is 1. The van der Waals surface area contributed by atoms with E-state index in [1.54, 1.807) is 0 Å². The van der Waals surface area contributed by atoms with E-state index in [2.05, 4.69) is 72.5 Å². The first kappa shape index (κ1) is 9.89. The monoisotopic (exact) mass is 235 g/mol. The summed E-state index contributed by atoms with van der Waals surface area (Å²) in [4.78, 5) is 0. The third-order valence-corrected chi connectivity index (χ3v) is 4.10. The Balaban J connectivity index is 2.23. The van der Waals surface area contributed by atoms with Gasteiger partial charge in [0.25, 0.3) is 0 Å². The van der Waals surface area contributed by atoms with Crippen LogP contribution in [-0.2, 0) is 0 Å². The largest absolute Gasteiger partial charge is 0.237 e. The molecule has 0 aromatic heterocycles. The van der Waals surface area contributed by atoms with Gasteiger partial charge in [-0.2, -0.15) is 5.01 Å². The molecule has 18 heavy (non-hydrogen) atoms. The molecule has 1 aromatic rings. The summed E-state index contributed by atoms with van der Waals surface area (Å²) in [5.41, 5.74) is 4.19. The van der Waals surface area contributed by atoms with Crippen molar-refractivity contribution >= 4 is 11.6 Å². The molecular formula is C16H15N2+. The van der Waals surface area contributed by atoms with E-state index in [0.29, 0.717) is 5.92 Å². The lowest BCUT2D eigenvalue weighted by molar-refractivity contribution is 0.287. The molecule has 1 heterocycles. The molecule has 2 heteroatoms. The summed E-state index contributed by atoms with van der Waals surface area (Å²) in [6, 6.07) is 4.46. The predicted octanol–water partition coefficient (Wildman–Crippen LogP) is 1.01. The van der Waals surface area contributed by atoms with Crippen LogP contribution in [0.3, 0.4) is 0 Å². The molecule has 0 saturated heterocycles. The minimum absolute atomic E-state index is 0.439. The first-order valence-corrected chi connectivity index (χ1v) is 6.31. The molecule has 1 atom stereocenters. The summed E-state index contributed by atoms with van der Waals surface area (Å²) in [5, 5.41) is 4.79. The molecule has 4 rings (SSSR count). The Hall–Kier alpha value is -2.09. The van der Waals surface area contributed by atoms with E-state index in [-0.39, 0.29) is 0 Å². The molecule has 1 unspecified atom stereocenters. The average Bonchev–Trinajstić information content (AvgIpc) is 2.40. The number of rotatable bonds is 0. The molecule has 0 spiro atoms. The molecule has 2 aliphatic carbocycles. The van der Waals surface area contributed by atoms with Gasteiger partial charge in [-0.15, -0.1) is 4.68 Å². The minimum Gasteiger partial charge on any atom is -0.163 e. The Morgan fingerprint density at radius 2 is 2.11 bits per heavy atom. The normalized spacial score (nSPS) is 22.6. The summed E-state index contributed by atoms with van der Waals surface area (Å²) in [6.07, 6.45) is 13.4. The van der Waals surface area contributed by atoms with Crippen LogP contribution in [0.1, 0.15) is 17.0 Å². The van der Waals surface area contributed by atoms with Crippen molar-refractivity contribution in [2.24, 2.45) is 0 Å². The average molecular weight is 235 g/mol. The maximum atomic E-state index is 2.30. The molecule has 2 nitrogen and oxygen atoms in total. The first-order chi connectivity index (χ1) is 8.75. The van der Waals surface area contributed by atoms with Crippen LogP contribution < -0.4 is 15.3 Å². The molecule has 0 radical (unpaired) electrons. The van der Waals surface area contributed by atoms with E-state index in [0.717, 1.165) is 0 Å². The number of hydrogen-bond donors (Lipinski definition) is 0. The van der Waals surface area contributed by atoms with Crippen molar-refractivity contribution in [2.45, 2.75) is 5.92 Å². The fourth-order valence-corrected chi connectivity index (χ4v) is 3.09. The molecule has 0 amide bonds.